The number of carbonyl (C=O) groups is 2. The number of hydrogen-bond donors (Lipinski definition) is 0. The summed E-state index contributed by atoms with van der Waals surface area (Å²) in [5.74, 6) is 4.09. The van der Waals surface area contributed by atoms with Crippen molar-refractivity contribution in [3.63, 3.8) is 0 Å². The van der Waals surface area contributed by atoms with E-state index < -0.39 is 0 Å². The van der Waals surface area contributed by atoms with Gasteiger partial charge in [0.05, 0.1) is 0 Å². The van der Waals surface area contributed by atoms with Gasteiger partial charge < -0.3 is 0 Å². The van der Waals surface area contributed by atoms with E-state index in [2.05, 4.69) is 20.8 Å². The maximum absolute atomic E-state index is 13.2. The van der Waals surface area contributed by atoms with E-state index >= 15 is 0 Å². The molecule has 128 valence electrons. The summed E-state index contributed by atoms with van der Waals surface area (Å²) in [6, 6.07) is 0. The highest BCUT2D eigenvalue weighted by molar-refractivity contribution is 5.87. The van der Waals surface area contributed by atoms with Gasteiger partial charge in [0.2, 0.25) is 0 Å². The highest BCUT2D eigenvalue weighted by Gasteiger charge is 2.62. The van der Waals surface area contributed by atoms with Gasteiger partial charge in [-0.05, 0) is 67.1 Å². The molecule has 0 saturated heterocycles. The van der Waals surface area contributed by atoms with Crippen LogP contribution in [0.4, 0.5) is 0 Å². The molecule has 0 aromatic heterocycles. The molecule has 0 N–H and O–H groups in total. The molecule has 0 aromatic rings. The number of ketones is 2. The molecule has 2 nitrogen and oxygen atoms in total. The van der Waals surface area contributed by atoms with Crippen LogP contribution in [0.15, 0.2) is 0 Å². The monoisotopic (exact) mass is 316 g/mol. The highest BCUT2D eigenvalue weighted by Crippen LogP contribution is 2.66. The molecule has 4 saturated carbocycles. The largest absolute Gasteiger partial charge is 0.300 e. The van der Waals surface area contributed by atoms with Crippen LogP contribution in [-0.4, -0.2) is 11.6 Å². The van der Waals surface area contributed by atoms with E-state index in [1.807, 2.05) is 0 Å². The normalized spacial score (nSPS) is 52.7. The third-order valence-electron chi connectivity index (χ3n) is 9.02. The summed E-state index contributed by atoms with van der Waals surface area (Å²) in [5, 5.41) is 0. The Morgan fingerprint density at radius 3 is 2.52 bits per heavy atom. The Morgan fingerprint density at radius 2 is 1.78 bits per heavy atom. The summed E-state index contributed by atoms with van der Waals surface area (Å²) in [4.78, 5) is 25.2. The Morgan fingerprint density at radius 1 is 1.00 bits per heavy atom. The lowest BCUT2D eigenvalue weighted by Gasteiger charge is -2.59. The maximum atomic E-state index is 13.2. The van der Waals surface area contributed by atoms with Crippen LogP contribution >= 0.6 is 0 Å². The van der Waals surface area contributed by atoms with Gasteiger partial charge in [0.1, 0.15) is 11.6 Å². The molecule has 0 amide bonds. The molecule has 0 aliphatic heterocycles. The predicted octanol–water partition coefficient (Wildman–Crippen LogP) is 4.80. The predicted molar refractivity (Wildman–Crippen MR) is 90.9 cm³/mol. The zero-order chi connectivity index (χ0) is 16.4. The molecule has 23 heavy (non-hydrogen) atoms. The van der Waals surface area contributed by atoms with Gasteiger partial charge in [-0.15, -0.1) is 0 Å². The Labute approximate surface area is 140 Å². The number of hydrogen-bond acceptors (Lipinski definition) is 2. The van der Waals surface area contributed by atoms with Crippen LogP contribution < -0.4 is 0 Å². The van der Waals surface area contributed by atoms with Crippen LogP contribution in [0.25, 0.3) is 0 Å². The molecule has 0 bridgehead atoms. The van der Waals surface area contributed by atoms with Crippen molar-refractivity contribution in [3.05, 3.63) is 0 Å². The van der Waals surface area contributed by atoms with Crippen molar-refractivity contribution in [2.45, 2.75) is 78.6 Å². The Balaban J connectivity index is 1.68. The van der Waals surface area contributed by atoms with Crippen LogP contribution in [0.2, 0.25) is 0 Å². The van der Waals surface area contributed by atoms with E-state index in [-0.39, 0.29) is 10.8 Å². The van der Waals surface area contributed by atoms with E-state index in [1.165, 1.54) is 25.7 Å². The minimum Gasteiger partial charge on any atom is -0.300 e. The third-order valence-corrected chi connectivity index (χ3v) is 9.02. The fourth-order valence-electron chi connectivity index (χ4n) is 7.52. The van der Waals surface area contributed by atoms with Crippen LogP contribution in [0.1, 0.15) is 78.6 Å². The number of rotatable bonds is 1. The van der Waals surface area contributed by atoms with Crippen molar-refractivity contribution in [1.29, 1.82) is 0 Å². The molecule has 0 spiro atoms. The number of carbonyl (C=O) groups excluding carboxylic acids is 2. The summed E-state index contributed by atoms with van der Waals surface area (Å²) >= 11 is 0. The molecule has 2 heteroatoms. The second-order valence-electron chi connectivity index (χ2n) is 9.49. The highest BCUT2D eigenvalue weighted by atomic mass is 16.1. The van der Waals surface area contributed by atoms with Gasteiger partial charge in [0, 0.05) is 24.7 Å². The van der Waals surface area contributed by atoms with E-state index in [9.17, 15) is 9.59 Å². The van der Waals surface area contributed by atoms with E-state index in [4.69, 9.17) is 0 Å². The Hall–Kier alpha value is -0.660. The smallest absolute Gasteiger partial charge is 0.139 e. The second-order valence-corrected chi connectivity index (χ2v) is 9.49. The summed E-state index contributed by atoms with van der Waals surface area (Å²) in [6.07, 6.45) is 9.54. The quantitative estimate of drug-likeness (QED) is 0.696. The van der Waals surface area contributed by atoms with Gasteiger partial charge in [0.15, 0.2) is 0 Å². The first-order chi connectivity index (χ1) is 10.9. The van der Waals surface area contributed by atoms with E-state index in [0.29, 0.717) is 35.2 Å². The molecule has 0 aromatic carbocycles. The molecule has 0 radical (unpaired) electrons. The maximum Gasteiger partial charge on any atom is 0.139 e. The minimum atomic E-state index is -0.0381. The molecule has 4 aliphatic rings. The van der Waals surface area contributed by atoms with Crippen molar-refractivity contribution < 1.29 is 9.59 Å². The van der Waals surface area contributed by atoms with Crippen molar-refractivity contribution in [1.82, 2.24) is 0 Å². The van der Waals surface area contributed by atoms with Gasteiger partial charge in [-0.25, -0.2) is 0 Å². The number of Topliss-reactive ketones (excluding diaryl/α,β-unsaturated/α-hetero) is 2. The fraction of sp³-hybridized carbons (Fsp3) is 0.905. The summed E-state index contributed by atoms with van der Waals surface area (Å²) in [5.41, 5.74) is 0.210. The second kappa shape index (κ2) is 5.17. The van der Waals surface area contributed by atoms with Crippen LogP contribution in [-0.2, 0) is 9.59 Å². The average molecular weight is 316 g/mol. The molecule has 4 rings (SSSR count). The van der Waals surface area contributed by atoms with Gasteiger partial charge in [0.25, 0.3) is 0 Å². The Bertz CT molecular complexity index is 538. The first-order valence-electron chi connectivity index (χ1n) is 9.96. The topological polar surface area (TPSA) is 34.1 Å². The van der Waals surface area contributed by atoms with Crippen molar-refractivity contribution in [2.24, 2.45) is 40.4 Å². The van der Waals surface area contributed by atoms with Gasteiger partial charge in [-0.3, -0.25) is 9.59 Å². The Kier molecular flexibility index (Phi) is 3.56. The zero-order valence-corrected chi connectivity index (χ0v) is 15.1. The van der Waals surface area contributed by atoms with Crippen LogP contribution in [0, 0.1) is 40.4 Å². The molecular formula is C21H32O2. The van der Waals surface area contributed by atoms with Crippen LogP contribution in [0.5, 0.6) is 0 Å². The van der Waals surface area contributed by atoms with Gasteiger partial charge in [-0.1, -0.05) is 27.2 Å². The first-order valence-corrected chi connectivity index (χ1v) is 9.96. The average Bonchev–Trinajstić information content (AvgIpc) is 2.87. The lowest BCUT2D eigenvalue weighted by molar-refractivity contribution is -0.157. The van der Waals surface area contributed by atoms with Crippen LogP contribution in [0.3, 0.4) is 0 Å². The molecule has 4 aliphatic carbocycles. The van der Waals surface area contributed by atoms with E-state index in [0.717, 1.165) is 38.0 Å². The molecule has 7 atom stereocenters. The lowest BCUT2D eigenvalue weighted by Crippen LogP contribution is -2.56. The SMILES string of the molecule is CC[C@H]1CC[C@H]2[C@@H]3CC[C@@H]4CC(=O)CC[C@]4(C)[C@H]3CC(=O)[C@]12C. The summed E-state index contributed by atoms with van der Waals surface area (Å²) in [7, 11) is 0. The standard InChI is InChI=1S/C21H32O2/c1-4-13-6-8-17-16-7-5-14-11-15(22)9-10-20(14,2)18(16)12-19(23)21(13,17)3/h13-14,16-18H,4-12H2,1-3H3/t13-,14+,16-,17-,18-,20-,21+/m0/s1. The first kappa shape index (κ1) is 15.8. The van der Waals surface area contributed by atoms with Crippen molar-refractivity contribution >= 4 is 11.6 Å². The molecule has 4 fully saturated rings. The van der Waals surface area contributed by atoms with Crippen molar-refractivity contribution in [2.75, 3.05) is 0 Å². The zero-order valence-electron chi connectivity index (χ0n) is 15.1. The molecule has 0 heterocycles. The molecular weight excluding hydrogens is 284 g/mol. The fourth-order valence-corrected chi connectivity index (χ4v) is 7.52. The number of fused-ring (bicyclic) bond motifs is 5. The third kappa shape index (κ3) is 1.99. The van der Waals surface area contributed by atoms with Gasteiger partial charge in [-0.2, -0.15) is 0 Å². The molecule has 0 unspecified atom stereocenters. The lowest BCUT2D eigenvalue weighted by atomic mass is 9.44. The van der Waals surface area contributed by atoms with Crippen molar-refractivity contribution in [3.8, 4) is 0 Å². The van der Waals surface area contributed by atoms with Gasteiger partial charge >= 0.3 is 0 Å². The summed E-state index contributed by atoms with van der Waals surface area (Å²) < 4.78 is 0. The van der Waals surface area contributed by atoms with E-state index in [1.54, 1.807) is 0 Å². The summed E-state index contributed by atoms with van der Waals surface area (Å²) in [6.45, 7) is 6.99. The minimum absolute atomic E-state index is 0.0381.